The molecule has 1 heterocycles. The number of ether oxygens (including phenoxy) is 1. The molecule has 3 nitrogen and oxygen atoms in total. The molecule has 0 spiro atoms. The van der Waals surface area contributed by atoms with Gasteiger partial charge in [0.2, 0.25) is 0 Å². The molecular formula is C13H19BrN2O. The Balaban J connectivity index is 2.08. The molecule has 2 rings (SSSR count). The van der Waals surface area contributed by atoms with Crippen LogP contribution in [0.3, 0.4) is 0 Å². The van der Waals surface area contributed by atoms with Crippen LogP contribution in [0.25, 0.3) is 0 Å². The minimum Gasteiger partial charge on any atom is -0.381 e. The summed E-state index contributed by atoms with van der Waals surface area (Å²) in [6.07, 6.45) is 3.25. The van der Waals surface area contributed by atoms with Gasteiger partial charge in [-0.1, -0.05) is 13.8 Å². The average molecular weight is 299 g/mol. The number of hydrogen-bond acceptors (Lipinski definition) is 3. The predicted molar refractivity (Wildman–Crippen MR) is 73.3 cm³/mol. The van der Waals surface area contributed by atoms with Crippen LogP contribution in [-0.2, 0) is 4.74 Å². The smallest absolute Gasteiger partial charge is 0.140 e. The molecule has 1 aromatic rings. The maximum absolute atomic E-state index is 5.45. The molecule has 0 bridgehead atoms. The monoisotopic (exact) mass is 298 g/mol. The van der Waals surface area contributed by atoms with E-state index in [0.717, 1.165) is 22.3 Å². The number of aryl methyl sites for hydroxylation is 1. The fraction of sp³-hybridized carbons (Fsp3) is 0.615. The van der Waals surface area contributed by atoms with Gasteiger partial charge in [-0.2, -0.15) is 0 Å². The molecular weight excluding hydrogens is 280 g/mol. The van der Waals surface area contributed by atoms with Gasteiger partial charge < -0.3 is 10.1 Å². The molecule has 4 heteroatoms. The van der Waals surface area contributed by atoms with Crippen molar-refractivity contribution in [2.45, 2.75) is 39.3 Å². The number of rotatable bonds is 3. The molecule has 1 N–H and O–H groups in total. The van der Waals surface area contributed by atoms with Crippen molar-refractivity contribution in [3.05, 3.63) is 22.3 Å². The van der Waals surface area contributed by atoms with Gasteiger partial charge in [-0.15, -0.1) is 0 Å². The second-order valence-corrected chi connectivity index (χ2v) is 6.18. The number of nitrogens with one attached hydrogen (secondary N) is 1. The van der Waals surface area contributed by atoms with E-state index in [1.165, 1.54) is 0 Å². The van der Waals surface area contributed by atoms with E-state index in [-0.39, 0.29) is 5.41 Å². The lowest BCUT2D eigenvalue weighted by molar-refractivity contribution is -0.0795. The molecule has 17 heavy (non-hydrogen) atoms. The molecule has 0 amide bonds. The van der Waals surface area contributed by atoms with Gasteiger partial charge in [0.05, 0.1) is 10.6 Å². The lowest BCUT2D eigenvalue weighted by Gasteiger charge is -2.51. The van der Waals surface area contributed by atoms with Crippen molar-refractivity contribution in [3.8, 4) is 0 Å². The Bertz CT molecular complexity index is 420. The van der Waals surface area contributed by atoms with Crippen LogP contribution >= 0.6 is 15.9 Å². The summed E-state index contributed by atoms with van der Waals surface area (Å²) >= 11 is 3.54. The fourth-order valence-electron chi connectivity index (χ4n) is 2.34. The van der Waals surface area contributed by atoms with Gasteiger partial charge in [-0.05, 0) is 40.9 Å². The average Bonchev–Trinajstić information content (AvgIpc) is 2.26. The van der Waals surface area contributed by atoms with Crippen LogP contribution in [0, 0.1) is 12.3 Å². The van der Waals surface area contributed by atoms with Gasteiger partial charge >= 0.3 is 0 Å². The van der Waals surface area contributed by atoms with E-state index in [2.05, 4.69) is 46.1 Å². The first-order valence-corrected chi connectivity index (χ1v) is 6.66. The highest BCUT2D eigenvalue weighted by Gasteiger charge is 2.48. The molecule has 2 unspecified atom stereocenters. The van der Waals surface area contributed by atoms with E-state index in [1.54, 1.807) is 7.11 Å². The first-order chi connectivity index (χ1) is 7.95. The predicted octanol–water partition coefficient (Wildman–Crippen LogP) is 3.38. The van der Waals surface area contributed by atoms with Crippen molar-refractivity contribution in [1.29, 1.82) is 0 Å². The van der Waals surface area contributed by atoms with E-state index in [1.807, 2.05) is 13.1 Å². The number of pyridine rings is 1. The molecule has 1 aliphatic carbocycles. The summed E-state index contributed by atoms with van der Waals surface area (Å²) < 4.78 is 6.47. The first-order valence-electron chi connectivity index (χ1n) is 5.86. The zero-order chi connectivity index (χ0) is 12.6. The van der Waals surface area contributed by atoms with Crippen molar-refractivity contribution in [1.82, 2.24) is 4.98 Å². The zero-order valence-electron chi connectivity index (χ0n) is 10.7. The van der Waals surface area contributed by atoms with Gasteiger partial charge in [0, 0.05) is 24.8 Å². The van der Waals surface area contributed by atoms with Crippen LogP contribution in [0.1, 0.15) is 25.8 Å². The Labute approximate surface area is 111 Å². The fourth-order valence-corrected chi connectivity index (χ4v) is 2.91. The van der Waals surface area contributed by atoms with Crippen LogP contribution in [0.4, 0.5) is 5.82 Å². The lowest BCUT2D eigenvalue weighted by Crippen LogP contribution is -2.57. The van der Waals surface area contributed by atoms with Crippen molar-refractivity contribution < 1.29 is 4.74 Å². The minimum atomic E-state index is 0.154. The summed E-state index contributed by atoms with van der Waals surface area (Å²) in [5.74, 6) is 0.920. The highest BCUT2D eigenvalue weighted by atomic mass is 79.9. The third kappa shape index (κ3) is 2.33. The van der Waals surface area contributed by atoms with Gasteiger partial charge in [-0.3, -0.25) is 0 Å². The molecule has 1 aliphatic rings. The van der Waals surface area contributed by atoms with Gasteiger partial charge in [0.15, 0.2) is 0 Å². The summed E-state index contributed by atoms with van der Waals surface area (Å²) in [6.45, 7) is 6.49. The highest BCUT2D eigenvalue weighted by molar-refractivity contribution is 9.10. The SMILES string of the molecule is COC1CC(Nc2ncc(C)cc2Br)C1(C)C. The highest BCUT2D eigenvalue weighted by Crippen LogP contribution is 2.44. The molecule has 0 saturated heterocycles. The van der Waals surface area contributed by atoms with Crippen LogP contribution < -0.4 is 5.32 Å². The summed E-state index contributed by atoms with van der Waals surface area (Å²) in [4.78, 5) is 4.42. The zero-order valence-corrected chi connectivity index (χ0v) is 12.3. The van der Waals surface area contributed by atoms with Crippen molar-refractivity contribution in [2.24, 2.45) is 5.41 Å². The van der Waals surface area contributed by atoms with Crippen LogP contribution in [-0.4, -0.2) is 24.2 Å². The van der Waals surface area contributed by atoms with E-state index < -0.39 is 0 Å². The van der Waals surface area contributed by atoms with Crippen molar-refractivity contribution >= 4 is 21.7 Å². The number of aromatic nitrogens is 1. The molecule has 94 valence electrons. The standard InChI is InChI=1S/C13H19BrN2O/c1-8-5-9(14)12(15-7-8)16-10-6-11(17-4)13(10,2)3/h5,7,10-11H,6H2,1-4H3,(H,15,16). The van der Waals surface area contributed by atoms with Gasteiger partial charge in [0.25, 0.3) is 0 Å². The number of halogens is 1. The normalized spacial score (nSPS) is 26.4. The molecule has 1 saturated carbocycles. The molecule has 2 atom stereocenters. The maximum Gasteiger partial charge on any atom is 0.140 e. The maximum atomic E-state index is 5.45. The van der Waals surface area contributed by atoms with Crippen LogP contribution in [0.15, 0.2) is 16.7 Å². The summed E-state index contributed by atoms with van der Waals surface area (Å²) in [7, 11) is 1.78. The summed E-state index contributed by atoms with van der Waals surface area (Å²) in [5.41, 5.74) is 1.31. The Morgan fingerprint density at radius 2 is 2.24 bits per heavy atom. The number of nitrogens with zero attached hydrogens (tertiary/aromatic N) is 1. The van der Waals surface area contributed by atoms with E-state index >= 15 is 0 Å². The Hall–Kier alpha value is -0.610. The topological polar surface area (TPSA) is 34.1 Å². The van der Waals surface area contributed by atoms with Gasteiger partial charge in [-0.25, -0.2) is 4.98 Å². The molecule has 1 aromatic heterocycles. The van der Waals surface area contributed by atoms with Crippen LogP contribution in [0.2, 0.25) is 0 Å². The van der Waals surface area contributed by atoms with Crippen molar-refractivity contribution in [2.75, 3.05) is 12.4 Å². The second-order valence-electron chi connectivity index (χ2n) is 5.32. The third-order valence-corrected chi connectivity index (χ3v) is 4.36. The Kier molecular flexibility index (Phi) is 3.46. The Morgan fingerprint density at radius 1 is 1.53 bits per heavy atom. The lowest BCUT2D eigenvalue weighted by atomic mass is 9.64. The van der Waals surface area contributed by atoms with E-state index in [4.69, 9.17) is 4.74 Å². The number of anilines is 1. The van der Waals surface area contributed by atoms with E-state index in [9.17, 15) is 0 Å². The third-order valence-electron chi connectivity index (χ3n) is 3.75. The van der Waals surface area contributed by atoms with E-state index in [0.29, 0.717) is 12.1 Å². The second kappa shape index (κ2) is 4.58. The largest absolute Gasteiger partial charge is 0.381 e. The summed E-state index contributed by atoms with van der Waals surface area (Å²) in [5, 5.41) is 3.49. The van der Waals surface area contributed by atoms with Gasteiger partial charge in [0.1, 0.15) is 5.82 Å². The first kappa shape index (κ1) is 12.8. The number of hydrogen-bond donors (Lipinski definition) is 1. The Morgan fingerprint density at radius 3 is 2.76 bits per heavy atom. The van der Waals surface area contributed by atoms with Crippen LogP contribution in [0.5, 0.6) is 0 Å². The summed E-state index contributed by atoms with van der Waals surface area (Å²) in [6, 6.07) is 2.49. The minimum absolute atomic E-state index is 0.154. The molecule has 0 aromatic carbocycles. The molecule has 0 radical (unpaired) electrons. The quantitative estimate of drug-likeness (QED) is 0.929. The number of methoxy groups -OCH3 is 1. The molecule has 0 aliphatic heterocycles. The van der Waals surface area contributed by atoms with Crippen molar-refractivity contribution in [3.63, 3.8) is 0 Å². The molecule has 1 fully saturated rings.